The molecular weight excluding hydrogens is 206 g/mol. The molecule has 0 bridgehead atoms. The zero-order valence-corrected chi connectivity index (χ0v) is 5.63. The van der Waals surface area contributed by atoms with Gasteiger partial charge in [-0.1, -0.05) is 0 Å². The average molecular weight is 209 g/mol. The molecule has 0 saturated carbocycles. The Morgan fingerprint density at radius 2 is 2.75 bits per heavy atom. The first kappa shape index (κ1) is 3.37. The number of thiol groups is 1. The van der Waals surface area contributed by atoms with Gasteiger partial charge in [0.2, 0.25) is 0 Å². The third-order valence-electron chi connectivity index (χ3n) is 0.0309. The van der Waals surface area contributed by atoms with Crippen LogP contribution in [0.4, 0.5) is 0 Å². The van der Waals surface area contributed by atoms with Crippen LogP contribution >= 0.6 is 35.0 Å². The molecular formula is H2IOPS. The molecule has 0 aromatic carbocycles. The Labute approximate surface area is 40.3 Å². The van der Waals surface area contributed by atoms with E-state index in [9.17, 15) is 4.57 Å². The van der Waals surface area contributed by atoms with E-state index in [1.54, 1.807) is 0 Å². The Balaban J connectivity index is 2.83. The molecule has 0 atom stereocenters. The molecule has 0 spiro atoms. The van der Waals surface area contributed by atoms with E-state index in [0.717, 1.165) is 0 Å². The van der Waals surface area contributed by atoms with Crippen molar-refractivity contribution in [2.45, 2.75) is 0 Å². The second-order valence-electron chi connectivity index (χ2n) is 0.145. The van der Waals surface area contributed by atoms with Crippen molar-refractivity contribution in [3.63, 3.8) is 0 Å². The number of halogens is 1. The minimum absolute atomic E-state index is 0.0656. The Kier molecular flexibility index (Phi) is 3.52. The normalized spacial score (nSPS) is 15.2. The summed E-state index contributed by atoms with van der Waals surface area (Å²) in [6.07, 6.45) is -0.0656. The van der Waals surface area contributed by atoms with Crippen molar-refractivity contribution in [3.8, 4) is 0 Å². The maximum atomic E-state index is 9.41. The van der Waals surface area contributed by atoms with E-state index in [-0.39, 0.29) is 6.10 Å². The monoisotopic (exact) mass is 209 g/mol. The van der Waals surface area contributed by atoms with Gasteiger partial charge in [0.1, 0.15) is 0 Å². The average Bonchev–Trinajstić information content (AvgIpc) is 1.38. The Morgan fingerprint density at radius 3 is 2.75 bits per heavy atom. The Morgan fingerprint density at radius 1 is 2.50 bits per heavy atom. The SMILES string of the molecule is [2H]I(S)P=O. The number of hydrogen-bond acceptors (Lipinski definition) is 2. The second kappa shape index (κ2) is 4.18. The van der Waals surface area contributed by atoms with Gasteiger partial charge in [0.05, 0.1) is 0 Å². The van der Waals surface area contributed by atoms with Gasteiger partial charge in [0.15, 0.2) is 0 Å². The fourth-order valence-corrected chi connectivity index (χ4v) is 0. The van der Waals surface area contributed by atoms with Gasteiger partial charge >= 0.3 is 40.1 Å². The van der Waals surface area contributed by atoms with Gasteiger partial charge < -0.3 is 0 Å². The van der Waals surface area contributed by atoms with Crippen LogP contribution in [0.2, 0.25) is 0 Å². The zero-order chi connectivity index (χ0) is 4.28. The van der Waals surface area contributed by atoms with E-state index in [2.05, 4.69) is 9.80 Å². The van der Waals surface area contributed by atoms with E-state index >= 15 is 0 Å². The summed E-state index contributed by atoms with van der Waals surface area (Å²) in [4.78, 5) is 0. The molecule has 0 aliphatic carbocycles. The summed E-state index contributed by atoms with van der Waals surface area (Å²) in [7, 11) is 3.60. The molecule has 0 unspecified atom stereocenters. The van der Waals surface area contributed by atoms with Crippen LogP contribution in [-0.2, 0) is 4.57 Å². The molecule has 0 saturated heterocycles. The quantitative estimate of drug-likeness (QED) is 0.395. The first-order chi connectivity index (χ1) is 2.27. The summed E-state index contributed by atoms with van der Waals surface area (Å²) in [5.41, 5.74) is 0. The number of hydrogen-bond donors (Lipinski definition) is 1. The van der Waals surface area contributed by atoms with E-state index < -0.39 is 19.1 Å². The summed E-state index contributed by atoms with van der Waals surface area (Å²) in [6, 6.07) is 0. The van der Waals surface area contributed by atoms with Crippen LogP contribution in [0.5, 0.6) is 0 Å². The second-order valence-corrected chi connectivity index (χ2v) is 5.95. The third kappa shape index (κ3) is 3.18. The van der Waals surface area contributed by atoms with Crippen LogP contribution in [0, 0.1) is 0 Å². The van der Waals surface area contributed by atoms with Crippen LogP contribution in [0.25, 0.3) is 0 Å². The molecule has 0 aliphatic rings. The summed E-state index contributed by atoms with van der Waals surface area (Å²) in [6.45, 7) is 0. The van der Waals surface area contributed by atoms with E-state index in [1.807, 2.05) is 0 Å². The van der Waals surface area contributed by atoms with Crippen molar-refractivity contribution in [2.24, 2.45) is 0 Å². The third-order valence-corrected chi connectivity index (χ3v) is 1.86. The van der Waals surface area contributed by atoms with Crippen molar-refractivity contribution >= 4 is 35.0 Å². The molecule has 0 aromatic heterocycles. The predicted molar refractivity (Wildman–Crippen MR) is 32.0 cm³/mol. The van der Waals surface area contributed by atoms with Crippen molar-refractivity contribution in [1.29, 1.82) is 0.594 Å². The maximum absolute atomic E-state index is 9.41. The molecule has 0 aliphatic heterocycles. The molecule has 0 fully saturated rings. The fraction of sp³-hybridized carbons (Fsp3) is 0. The molecule has 0 rings (SSSR count). The summed E-state index contributed by atoms with van der Waals surface area (Å²) < 4.78 is 15.9. The van der Waals surface area contributed by atoms with Crippen LogP contribution in [0.3, 0.4) is 0 Å². The minimum atomic E-state index is -1.92. The zero-order valence-electron chi connectivity index (χ0n) is 2.68. The first-order valence-electron chi connectivity index (χ1n) is 0.899. The van der Waals surface area contributed by atoms with Crippen molar-refractivity contribution in [3.05, 3.63) is 0 Å². The van der Waals surface area contributed by atoms with Gasteiger partial charge in [0, 0.05) is 0 Å². The van der Waals surface area contributed by atoms with Gasteiger partial charge in [-0.15, -0.1) is 0 Å². The molecule has 0 radical (unpaired) electrons. The Hall–Kier alpha value is 1.18. The van der Waals surface area contributed by atoms with Crippen LogP contribution < -0.4 is 0 Å². The first-order valence-corrected chi connectivity index (χ1v) is 7.35. The molecule has 26 valence electrons. The summed E-state index contributed by atoms with van der Waals surface area (Å²) >= 11 is -1.92. The molecule has 0 aromatic rings. The summed E-state index contributed by atoms with van der Waals surface area (Å²) in [5, 5.41) is 0. The standard InChI is InChI=1S/H2IOPS/c2-3-1-4/h1,4H/i1D. The predicted octanol–water partition coefficient (Wildman–Crippen LogP) is 1.74. The van der Waals surface area contributed by atoms with Crippen LogP contribution in [0.1, 0.15) is 0 Å². The van der Waals surface area contributed by atoms with Crippen molar-refractivity contribution in [1.82, 2.24) is 0 Å². The number of rotatable bonds is 1. The van der Waals surface area contributed by atoms with E-state index in [4.69, 9.17) is 0.594 Å². The van der Waals surface area contributed by atoms with Gasteiger partial charge in [0.25, 0.3) is 0 Å². The Bertz CT molecular complexity index is 38.6. The van der Waals surface area contributed by atoms with Gasteiger partial charge in [-0.2, -0.15) is 0 Å². The summed E-state index contributed by atoms with van der Waals surface area (Å²) in [5.74, 6) is 0. The molecule has 4 heteroatoms. The van der Waals surface area contributed by atoms with Crippen LogP contribution in [-0.4, -0.2) is 0.594 Å². The van der Waals surface area contributed by atoms with Gasteiger partial charge in [-0.05, 0) is 0 Å². The topological polar surface area (TPSA) is 17.1 Å². The van der Waals surface area contributed by atoms with E-state index in [1.165, 1.54) is 0 Å². The van der Waals surface area contributed by atoms with Crippen LogP contribution in [0.15, 0.2) is 0 Å². The van der Waals surface area contributed by atoms with Crippen molar-refractivity contribution < 1.29 is 4.57 Å². The van der Waals surface area contributed by atoms with E-state index in [0.29, 0.717) is 0 Å². The van der Waals surface area contributed by atoms with Gasteiger partial charge in [-0.3, -0.25) is 0 Å². The molecule has 0 amide bonds. The molecule has 1 nitrogen and oxygen atoms in total. The molecule has 0 N–H and O–H groups in total. The molecule has 4 heavy (non-hydrogen) atoms. The molecule has 0 heterocycles. The fourth-order valence-electron chi connectivity index (χ4n) is 0. The van der Waals surface area contributed by atoms with Gasteiger partial charge in [-0.25, -0.2) is 0 Å². The van der Waals surface area contributed by atoms with Crippen molar-refractivity contribution in [2.75, 3.05) is 0 Å².